The normalized spacial score (nSPS) is 36.5. The highest BCUT2D eigenvalue weighted by molar-refractivity contribution is 5.84. The van der Waals surface area contributed by atoms with Gasteiger partial charge in [-0.2, -0.15) is 0 Å². The molecule has 0 aromatic heterocycles. The molecule has 0 amide bonds. The number of hydrogen-bond donors (Lipinski definition) is 0. The van der Waals surface area contributed by atoms with Crippen LogP contribution in [-0.4, -0.2) is 54.9 Å². The fourth-order valence-electron chi connectivity index (χ4n) is 3.44. The Morgan fingerprint density at radius 2 is 1.94 bits per heavy atom. The van der Waals surface area contributed by atoms with Crippen LogP contribution in [0.3, 0.4) is 0 Å². The van der Waals surface area contributed by atoms with Crippen molar-refractivity contribution in [3.63, 3.8) is 0 Å². The second kappa shape index (κ2) is 5.49. The summed E-state index contributed by atoms with van der Waals surface area (Å²) >= 11 is 0. The molecular weight excluding hydrogens is 212 g/mol. The molecule has 3 nitrogen and oxygen atoms in total. The van der Waals surface area contributed by atoms with Gasteiger partial charge in [-0.15, -0.1) is 0 Å². The van der Waals surface area contributed by atoms with E-state index in [-0.39, 0.29) is 6.04 Å². The quantitative estimate of drug-likeness (QED) is 0.685. The lowest BCUT2D eigenvalue weighted by Gasteiger charge is -2.26. The predicted molar refractivity (Wildman–Crippen MR) is 70.1 cm³/mol. The molecule has 3 heteroatoms. The molecule has 1 saturated heterocycles. The number of carbonyl (C=O) groups excluding carboxylic acids is 1. The van der Waals surface area contributed by atoms with Crippen molar-refractivity contribution < 1.29 is 4.79 Å². The predicted octanol–water partition coefficient (Wildman–Crippen LogP) is 1.77. The van der Waals surface area contributed by atoms with Crippen LogP contribution in [0, 0.1) is 5.92 Å². The maximum absolute atomic E-state index is 12.1. The number of hydrogen-bond acceptors (Lipinski definition) is 3. The zero-order chi connectivity index (χ0) is 12.4. The van der Waals surface area contributed by atoms with Gasteiger partial charge in [-0.1, -0.05) is 19.8 Å². The van der Waals surface area contributed by atoms with Gasteiger partial charge in [0.2, 0.25) is 0 Å². The van der Waals surface area contributed by atoms with E-state index in [0.717, 1.165) is 32.4 Å². The topological polar surface area (TPSA) is 23.6 Å². The minimum atomic E-state index is 0.227. The van der Waals surface area contributed by atoms with Crippen molar-refractivity contribution in [2.45, 2.75) is 51.1 Å². The minimum absolute atomic E-state index is 0.227. The van der Waals surface area contributed by atoms with Crippen LogP contribution < -0.4 is 0 Å². The fraction of sp³-hybridized carbons (Fsp3) is 0.929. The smallest absolute Gasteiger partial charge is 0.149 e. The molecule has 0 aromatic rings. The van der Waals surface area contributed by atoms with E-state index in [1.807, 2.05) is 0 Å². The average molecular weight is 238 g/mol. The van der Waals surface area contributed by atoms with Gasteiger partial charge in [-0.05, 0) is 32.9 Å². The summed E-state index contributed by atoms with van der Waals surface area (Å²) in [6, 6.07) is 0.843. The van der Waals surface area contributed by atoms with E-state index in [1.54, 1.807) is 0 Å². The molecule has 1 saturated carbocycles. The lowest BCUT2D eigenvalue weighted by atomic mass is 10.1. The van der Waals surface area contributed by atoms with E-state index in [4.69, 9.17) is 0 Å². The largest absolute Gasteiger partial charge is 0.305 e. The highest BCUT2D eigenvalue weighted by Crippen LogP contribution is 2.27. The summed E-state index contributed by atoms with van der Waals surface area (Å²) in [4.78, 5) is 16.9. The van der Waals surface area contributed by atoms with E-state index in [1.165, 1.54) is 12.8 Å². The molecule has 2 aliphatic rings. The Kier molecular flexibility index (Phi) is 4.21. The summed E-state index contributed by atoms with van der Waals surface area (Å²) in [5.41, 5.74) is 0. The highest BCUT2D eigenvalue weighted by Gasteiger charge is 2.37. The molecule has 0 N–H and O–H groups in total. The van der Waals surface area contributed by atoms with Crippen LogP contribution in [-0.2, 0) is 4.79 Å². The number of rotatable bonds is 2. The molecule has 1 aliphatic heterocycles. The first-order chi connectivity index (χ1) is 8.09. The monoisotopic (exact) mass is 238 g/mol. The average Bonchev–Trinajstić information content (AvgIpc) is 2.51. The summed E-state index contributed by atoms with van der Waals surface area (Å²) in [6.45, 7) is 4.48. The Balaban J connectivity index is 2.00. The summed E-state index contributed by atoms with van der Waals surface area (Å²) in [5, 5.41) is 0. The summed E-state index contributed by atoms with van der Waals surface area (Å²) in [6.07, 6.45) is 5.47. The molecular formula is C14H26N2O. The number of Topliss-reactive ketones (excluding diaryl/α,β-unsaturated/α-hetero) is 1. The van der Waals surface area contributed by atoms with Gasteiger partial charge in [0.15, 0.2) is 0 Å². The Morgan fingerprint density at radius 3 is 2.59 bits per heavy atom. The summed E-state index contributed by atoms with van der Waals surface area (Å²) < 4.78 is 0. The number of likely N-dealkylation sites (N-methyl/N-ethyl adjacent to an activating group) is 1. The Labute approximate surface area is 105 Å². The van der Waals surface area contributed by atoms with Crippen LogP contribution in [0.15, 0.2) is 0 Å². The number of carbonyl (C=O) groups is 1. The van der Waals surface area contributed by atoms with Crippen LogP contribution in [0.2, 0.25) is 0 Å². The molecule has 2 rings (SSSR count). The molecule has 1 heterocycles. The van der Waals surface area contributed by atoms with E-state index in [0.29, 0.717) is 17.7 Å². The van der Waals surface area contributed by atoms with E-state index < -0.39 is 0 Å². The molecule has 3 atom stereocenters. The molecule has 2 fully saturated rings. The van der Waals surface area contributed by atoms with E-state index in [9.17, 15) is 4.79 Å². The zero-order valence-corrected chi connectivity index (χ0v) is 11.5. The van der Waals surface area contributed by atoms with Gasteiger partial charge in [0.25, 0.3) is 0 Å². The van der Waals surface area contributed by atoms with Gasteiger partial charge in [0, 0.05) is 25.6 Å². The maximum atomic E-state index is 12.1. The van der Waals surface area contributed by atoms with Crippen molar-refractivity contribution in [3.05, 3.63) is 0 Å². The van der Waals surface area contributed by atoms with Crippen molar-refractivity contribution in [3.8, 4) is 0 Å². The second-order valence-corrected chi connectivity index (χ2v) is 6.04. The van der Waals surface area contributed by atoms with Crippen molar-refractivity contribution in [1.29, 1.82) is 0 Å². The third kappa shape index (κ3) is 2.89. The number of ketones is 1. The Bertz CT molecular complexity index is 277. The summed E-state index contributed by atoms with van der Waals surface area (Å²) in [5.74, 6) is 1.18. The van der Waals surface area contributed by atoms with Gasteiger partial charge in [0.05, 0.1) is 6.04 Å². The van der Waals surface area contributed by atoms with Gasteiger partial charge >= 0.3 is 0 Å². The molecule has 17 heavy (non-hydrogen) atoms. The van der Waals surface area contributed by atoms with Gasteiger partial charge in [-0.25, -0.2) is 0 Å². The standard InChI is InChI=1S/C14H26N2O/c1-11-9-16(10-13(11)15(2)3)12-7-5-4-6-8-14(12)17/h11-13H,4-10H2,1-3H3. The van der Waals surface area contributed by atoms with Gasteiger partial charge in [0.1, 0.15) is 5.78 Å². The third-order valence-electron chi connectivity index (χ3n) is 4.48. The molecule has 0 spiro atoms. The van der Waals surface area contributed by atoms with E-state index >= 15 is 0 Å². The molecule has 0 bridgehead atoms. The maximum Gasteiger partial charge on any atom is 0.149 e. The SMILES string of the molecule is CC1CN(C2CCCCCC2=O)CC1N(C)C. The van der Waals surface area contributed by atoms with E-state index in [2.05, 4.69) is 30.8 Å². The highest BCUT2D eigenvalue weighted by atomic mass is 16.1. The first kappa shape index (κ1) is 13.0. The fourth-order valence-corrected chi connectivity index (χ4v) is 3.44. The molecule has 3 unspecified atom stereocenters. The second-order valence-electron chi connectivity index (χ2n) is 6.04. The zero-order valence-electron chi connectivity index (χ0n) is 11.5. The van der Waals surface area contributed by atoms with Crippen LogP contribution >= 0.6 is 0 Å². The van der Waals surface area contributed by atoms with Crippen molar-refractivity contribution >= 4 is 5.78 Å². The molecule has 98 valence electrons. The van der Waals surface area contributed by atoms with Crippen LogP contribution in [0.25, 0.3) is 0 Å². The van der Waals surface area contributed by atoms with Gasteiger partial charge < -0.3 is 4.90 Å². The lowest BCUT2D eigenvalue weighted by Crippen LogP contribution is -2.41. The Hall–Kier alpha value is -0.410. The van der Waals surface area contributed by atoms with Crippen molar-refractivity contribution in [1.82, 2.24) is 9.80 Å². The summed E-state index contributed by atoms with van der Waals surface area (Å²) in [7, 11) is 4.30. The molecule has 0 aromatic carbocycles. The lowest BCUT2D eigenvalue weighted by molar-refractivity contribution is -0.123. The third-order valence-corrected chi connectivity index (χ3v) is 4.48. The minimum Gasteiger partial charge on any atom is -0.305 e. The van der Waals surface area contributed by atoms with Crippen LogP contribution in [0.4, 0.5) is 0 Å². The van der Waals surface area contributed by atoms with Crippen molar-refractivity contribution in [2.24, 2.45) is 5.92 Å². The van der Waals surface area contributed by atoms with Gasteiger partial charge in [-0.3, -0.25) is 9.69 Å². The number of likely N-dealkylation sites (tertiary alicyclic amines) is 1. The first-order valence-corrected chi connectivity index (χ1v) is 7.03. The Morgan fingerprint density at radius 1 is 1.18 bits per heavy atom. The van der Waals surface area contributed by atoms with Crippen molar-refractivity contribution in [2.75, 3.05) is 27.2 Å². The molecule has 1 aliphatic carbocycles. The van der Waals surface area contributed by atoms with Crippen LogP contribution in [0.5, 0.6) is 0 Å². The molecule has 0 radical (unpaired) electrons. The first-order valence-electron chi connectivity index (χ1n) is 7.03. The number of nitrogens with zero attached hydrogens (tertiary/aromatic N) is 2. The van der Waals surface area contributed by atoms with Crippen LogP contribution in [0.1, 0.15) is 39.0 Å².